The number of carbonyl (C=O) groups excluding carboxylic acids is 1. The average Bonchev–Trinajstić information content (AvgIpc) is 3.24. The first kappa shape index (κ1) is 16.5. The highest BCUT2D eigenvalue weighted by Gasteiger charge is 2.33. The predicted molar refractivity (Wildman–Crippen MR) is 88.6 cm³/mol. The maximum Gasteiger partial charge on any atom is 0.276 e. The van der Waals surface area contributed by atoms with Crippen LogP contribution in [0.3, 0.4) is 0 Å². The molecule has 3 rings (SSSR count). The molecule has 128 valence electrons. The fraction of sp³-hybridized carbons (Fsp3) is 0.765. The number of carbonyl (C=O) groups is 1. The Morgan fingerprint density at radius 3 is 2.65 bits per heavy atom. The molecule has 1 amide bonds. The number of likely N-dealkylation sites (N-methyl/N-ethyl adjacent to an activating group) is 1. The van der Waals surface area contributed by atoms with Crippen molar-refractivity contribution < 1.29 is 9.32 Å². The summed E-state index contributed by atoms with van der Waals surface area (Å²) in [7, 11) is 0. The SMILES string of the molecule is CCN1CCN([C@@H]2CCN(C(=O)c3cc(C(C)C)on3)C2)CC1. The van der Waals surface area contributed by atoms with Crippen LogP contribution < -0.4 is 0 Å². The van der Waals surface area contributed by atoms with Crippen LogP contribution in [0.5, 0.6) is 0 Å². The maximum absolute atomic E-state index is 12.6. The van der Waals surface area contributed by atoms with E-state index in [1.165, 1.54) is 0 Å². The van der Waals surface area contributed by atoms with Gasteiger partial charge in [0.15, 0.2) is 5.69 Å². The Morgan fingerprint density at radius 1 is 1.30 bits per heavy atom. The second-order valence-corrected chi connectivity index (χ2v) is 6.93. The van der Waals surface area contributed by atoms with Crippen molar-refractivity contribution in [2.24, 2.45) is 0 Å². The number of rotatable bonds is 4. The fourth-order valence-electron chi connectivity index (χ4n) is 3.49. The lowest BCUT2D eigenvalue weighted by molar-refractivity contribution is 0.0736. The van der Waals surface area contributed by atoms with Gasteiger partial charge in [0.05, 0.1) is 0 Å². The number of hydrogen-bond acceptors (Lipinski definition) is 5. The van der Waals surface area contributed by atoms with Gasteiger partial charge in [-0.3, -0.25) is 9.69 Å². The van der Waals surface area contributed by atoms with Gasteiger partial charge in [-0.2, -0.15) is 0 Å². The third-order valence-electron chi connectivity index (χ3n) is 5.14. The van der Waals surface area contributed by atoms with Crippen molar-refractivity contribution in [3.8, 4) is 0 Å². The average molecular weight is 320 g/mol. The quantitative estimate of drug-likeness (QED) is 0.844. The summed E-state index contributed by atoms with van der Waals surface area (Å²) in [5.41, 5.74) is 0.449. The second-order valence-electron chi connectivity index (χ2n) is 6.93. The molecule has 6 heteroatoms. The third-order valence-corrected chi connectivity index (χ3v) is 5.14. The van der Waals surface area contributed by atoms with Crippen molar-refractivity contribution in [3.63, 3.8) is 0 Å². The Bertz CT molecular complexity index is 534. The number of piperazine rings is 1. The van der Waals surface area contributed by atoms with Crippen LogP contribution in [0.2, 0.25) is 0 Å². The van der Waals surface area contributed by atoms with Gasteiger partial charge in [0.25, 0.3) is 5.91 Å². The van der Waals surface area contributed by atoms with Crippen molar-refractivity contribution in [3.05, 3.63) is 17.5 Å². The molecule has 0 spiro atoms. The minimum absolute atomic E-state index is 0.00958. The van der Waals surface area contributed by atoms with E-state index in [9.17, 15) is 4.79 Å². The smallest absolute Gasteiger partial charge is 0.276 e. The molecule has 0 N–H and O–H groups in total. The van der Waals surface area contributed by atoms with Gasteiger partial charge in [0.1, 0.15) is 5.76 Å². The molecule has 1 aromatic rings. The third kappa shape index (κ3) is 3.58. The van der Waals surface area contributed by atoms with Gasteiger partial charge in [-0.1, -0.05) is 25.9 Å². The lowest BCUT2D eigenvalue weighted by Gasteiger charge is -2.37. The summed E-state index contributed by atoms with van der Waals surface area (Å²) in [6, 6.07) is 2.29. The largest absolute Gasteiger partial charge is 0.360 e. The van der Waals surface area contributed by atoms with Crippen LogP contribution in [0, 0.1) is 0 Å². The van der Waals surface area contributed by atoms with Gasteiger partial charge < -0.3 is 14.3 Å². The Hall–Kier alpha value is -1.40. The zero-order valence-electron chi connectivity index (χ0n) is 14.5. The number of amides is 1. The van der Waals surface area contributed by atoms with Crippen LogP contribution in [0.15, 0.2) is 10.6 Å². The molecule has 0 radical (unpaired) electrons. The molecule has 0 saturated carbocycles. The fourth-order valence-corrected chi connectivity index (χ4v) is 3.49. The highest BCUT2D eigenvalue weighted by molar-refractivity contribution is 5.92. The van der Waals surface area contributed by atoms with Crippen molar-refractivity contribution >= 4 is 5.91 Å². The summed E-state index contributed by atoms with van der Waals surface area (Å²) in [4.78, 5) is 19.5. The number of nitrogens with zero attached hydrogens (tertiary/aromatic N) is 4. The van der Waals surface area contributed by atoms with E-state index in [2.05, 4.69) is 21.9 Å². The topological polar surface area (TPSA) is 52.8 Å². The predicted octanol–water partition coefficient (Wildman–Crippen LogP) is 1.65. The highest BCUT2D eigenvalue weighted by atomic mass is 16.5. The van der Waals surface area contributed by atoms with Crippen molar-refractivity contribution in [2.75, 3.05) is 45.8 Å². The van der Waals surface area contributed by atoms with E-state index in [1.807, 2.05) is 18.7 Å². The van der Waals surface area contributed by atoms with E-state index in [-0.39, 0.29) is 11.8 Å². The summed E-state index contributed by atoms with van der Waals surface area (Å²) >= 11 is 0. The Kier molecular flexibility index (Phi) is 5.02. The molecule has 6 nitrogen and oxygen atoms in total. The molecule has 0 unspecified atom stereocenters. The molecule has 3 heterocycles. The van der Waals surface area contributed by atoms with Gasteiger partial charge in [-0.05, 0) is 13.0 Å². The van der Waals surface area contributed by atoms with Gasteiger partial charge in [-0.15, -0.1) is 0 Å². The van der Waals surface area contributed by atoms with Crippen molar-refractivity contribution in [1.82, 2.24) is 19.9 Å². The van der Waals surface area contributed by atoms with Crippen LogP contribution in [0.1, 0.15) is 49.4 Å². The maximum atomic E-state index is 12.6. The minimum Gasteiger partial charge on any atom is -0.360 e. The number of aromatic nitrogens is 1. The van der Waals surface area contributed by atoms with Crippen LogP contribution in [0.25, 0.3) is 0 Å². The molecule has 2 aliphatic heterocycles. The van der Waals surface area contributed by atoms with E-state index < -0.39 is 0 Å². The molecule has 23 heavy (non-hydrogen) atoms. The summed E-state index contributed by atoms with van der Waals surface area (Å²) in [5.74, 6) is 1.04. The molecule has 2 saturated heterocycles. The zero-order valence-corrected chi connectivity index (χ0v) is 14.5. The molecule has 2 fully saturated rings. The van der Waals surface area contributed by atoms with Crippen LogP contribution >= 0.6 is 0 Å². The summed E-state index contributed by atoms with van der Waals surface area (Å²) in [6.07, 6.45) is 1.06. The normalized spacial score (nSPS) is 23.8. The minimum atomic E-state index is 0.00958. The first-order valence-corrected chi connectivity index (χ1v) is 8.80. The summed E-state index contributed by atoms with van der Waals surface area (Å²) in [5, 5.41) is 3.95. The molecule has 0 bridgehead atoms. The summed E-state index contributed by atoms with van der Waals surface area (Å²) < 4.78 is 5.26. The van der Waals surface area contributed by atoms with E-state index >= 15 is 0 Å². The molecule has 1 aromatic heterocycles. The van der Waals surface area contributed by atoms with Crippen LogP contribution in [-0.2, 0) is 0 Å². The Labute approximate surface area is 138 Å². The highest BCUT2D eigenvalue weighted by Crippen LogP contribution is 2.21. The molecular formula is C17H28N4O2. The van der Waals surface area contributed by atoms with Crippen LogP contribution in [0.4, 0.5) is 0 Å². The van der Waals surface area contributed by atoms with E-state index in [1.54, 1.807) is 6.07 Å². The first-order chi connectivity index (χ1) is 11.1. The number of hydrogen-bond donors (Lipinski definition) is 0. The van der Waals surface area contributed by atoms with Gasteiger partial charge in [-0.25, -0.2) is 0 Å². The lowest BCUT2D eigenvalue weighted by atomic mass is 10.1. The van der Waals surface area contributed by atoms with Gasteiger partial charge in [0.2, 0.25) is 0 Å². The summed E-state index contributed by atoms with van der Waals surface area (Å²) in [6.45, 7) is 13.6. The number of likely N-dealkylation sites (tertiary alicyclic amines) is 1. The van der Waals surface area contributed by atoms with Crippen LogP contribution in [-0.4, -0.2) is 77.6 Å². The Balaban J connectivity index is 1.55. The van der Waals surface area contributed by atoms with E-state index in [0.717, 1.165) is 58.0 Å². The second kappa shape index (κ2) is 7.01. The zero-order chi connectivity index (χ0) is 16.4. The molecule has 1 atom stereocenters. The Morgan fingerprint density at radius 2 is 2.04 bits per heavy atom. The molecular weight excluding hydrogens is 292 g/mol. The van der Waals surface area contributed by atoms with E-state index in [4.69, 9.17) is 4.52 Å². The first-order valence-electron chi connectivity index (χ1n) is 8.80. The van der Waals surface area contributed by atoms with Gasteiger partial charge in [0, 0.05) is 57.3 Å². The van der Waals surface area contributed by atoms with Crippen molar-refractivity contribution in [2.45, 2.75) is 39.2 Å². The standard InChI is InChI=1S/C17H28N4O2/c1-4-19-7-9-20(10-8-19)14-5-6-21(12-14)17(22)15-11-16(13(2)3)23-18-15/h11,13-14H,4-10,12H2,1-3H3/t14-/m1/s1. The molecule has 0 aliphatic carbocycles. The monoisotopic (exact) mass is 320 g/mol. The van der Waals surface area contributed by atoms with E-state index in [0.29, 0.717) is 11.7 Å². The lowest BCUT2D eigenvalue weighted by Crippen LogP contribution is -2.51. The molecule has 0 aromatic carbocycles. The molecule has 2 aliphatic rings. The van der Waals surface area contributed by atoms with Gasteiger partial charge >= 0.3 is 0 Å². The van der Waals surface area contributed by atoms with Crippen molar-refractivity contribution in [1.29, 1.82) is 0 Å².